The number of nitrogens with zero attached hydrogens (tertiary/aromatic N) is 1. The van der Waals surface area contributed by atoms with Crippen LogP contribution in [0.1, 0.15) is 34.6 Å². The minimum atomic E-state index is -2.06. The van der Waals surface area contributed by atoms with E-state index >= 15 is 0 Å². The van der Waals surface area contributed by atoms with Gasteiger partial charge in [0, 0.05) is 17.7 Å². The van der Waals surface area contributed by atoms with Crippen LogP contribution in [0, 0.1) is 0 Å². The summed E-state index contributed by atoms with van der Waals surface area (Å²) in [5, 5.41) is 0. The number of hydrogen-bond acceptors (Lipinski definition) is 3. The average molecular weight is 350 g/mol. The van der Waals surface area contributed by atoms with Gasteiger partial charge in [0.05, 0.1) is 0 Å². The molecule has 0 aliphatic heterocycles. The SMILES string of the molecule is CC(C)N(C(C)C)C(C)[Si](C)(C)O[Si](C)(C)O[Si](C)(C)C. The van der Waals surface area contributed by atoms with E-state index in [9.17, 15) is 0 Å². The van der Waals surface area contributed by atoms with Gasteiger partial charge in [-0.25, -0.2) is 0 Å². The molecule has 6 heteroatoms. The Hall–Kier alpha value is 0.531. The monoisotopic (exact) mass is 349 g/mol. The highest BCUT2D eigenvalue weighted by Crippen LogP contribution is 2.26. The predicted octanol–water partition coefficient (Wildman–Crippen LogP) is 4.81. The van der Waals surface area contributed by atoms with Gasteiger partial charge < -0.3 is 8.23 Å². The standard InChI is InChI=1S/C15H39NO2Si3/c1-13(2)16(14(3)4)15(5)20(9,10)18-21(11,12)17-19(6,7)8/h13-15H,1-12H3. The lowest BCUT2D eigenvalue weighted by Crippen LogP contribution is -2.62. The second-order valence-corrected chi connectivity index (χ2v) is 21.3. The molecular formula is C15H39NO2Si3. The molecule has 3 nitrogen and oxygen atoms in total. The zero-order chi connectivity index (χ0) is 17.2. The summed E-state index contributed by atoms with van der Waals surface area (Å²) in [5.41, 5.74) is 0.481. The highest BCUT2D eigenvalue weighted by atomic mass is 28.5. The van der Waals surface area contributed by atoms with E-state index < -0.39 is 25.2 Å². The Labute approximate surface area is 136 Å². The largest absolute Gasteiger partial charge is 0.437 e. The van der Waals surface area contributed by atoms with Gasteiger partial charge in [-0.3, -0.25) is 4.90 Å². The maximum absolute atomic E-state index is 6.69. The molecule has 1 unspecified atom stereocenters. The molecule has 0 heterocycles. The van der Waals surface area contributed by atoms with Crippen LogP contribution in [0.5, 0.6) is 0 Å². The van der Waals surface area contributed by atoms with Crippen molar-refractivity contribution in [3.05, 3.63) is 0 Å². The zero-order valence-electron chi connectivity index (χ0n) is 16.5. The number of hydrogen-bond donors (Lipinski definition) is 0. The maximum Gasteiger partial charge on any atom is 0.311 e. The summed E-state index contributed by atoms with van der Waals surface area (Å²) >= 11 is 0. The number of rotatable bonds is 8. The first-order valence-corrected chi connectivity index (χ1v) is 17.5. The lowest BCUT2D eigenvalue weighted by Gasteiger charge is -2.46. The van der Waals surface area contributed by atoms with Gasteiger partial charge in [0.2, 0.25) is 0 Å². The molecule has 0 rings (SSSR count). The van der Waals surface area contributed by atoms with Crippen molar-refractivity contribution in [2.24, 2.45) is 0 Å². The van der Waals surface area contributed by atoms with Crippen LogP contribution in [0.2, 0.25) is 45.8 Å². The quantitative estimate of drug-likeness (QED) is 0.587. The third-order valence-electron chi connectivity index (χ3n) is 3.71. The molecule has 0 aromatic heterocycles. The zero-order valence-corrected chi connectivity index (χ0v) is 19.5. The molecule has 0 amide bonds. The predicted molar refractivity (Wildman–Crippen MR) is 102 cm³/mol. The van der Waals surface area contributed by atoms with Crippen molar-refractivity contribution >= 4 is 25.2 Å². The Balaban J connectivity index is 5.11. The van der Waals surface area contributed by atoms with Crippen molar-refractivity contribution in [3.63, 3.8) is 0 Å². The van der Waals surface area contributed by atoms with Crippen molar-refractivity contribution in [2.75, 3.05) is 0 Å². The van der Waals surface area contributed by atoms with Crippen LogP contribution in [0.4, 0.5) is 0 Å². The van der Waals surface area contributed by atoms with Crippen molar-refractivity contribution in [3.8, 4) is 0 Å². The molecule has 0 saturated carbocycles. The van der Waals surface area contributed by atoms with E-state index in [0.717, 1.165) is 0 Å². The summed E-state index contributed by atoms with van der Waals surface area (Å²) in [6.45, 7) is 27.3. The summed E-state index contributed by atoms with van der Waals surface area (Å²) in [7, 11) is -5.45. The molecule has 0 saturated heterocycles. The maximum atomic E-state index is 6.69. The molecule has 0 bridgehead atoms. The first kappa shape index (κ1) is 21.5. The molecule has 0 aliphatic rings. The molecule has 0 aromatic carbocycles. The van der Waals surface area contributed by atoms with Crippen LogP contribution in [-0.4, -0.2) is 47.8 Å². The Kier molecular flexibility index (Phi) is 7.59. The summed E-state index contributed by atoms with van der Waals surface area (Å²) in [6.07, 6.45) is 0. The molecule has 128 valence electrons. The van der Waals surface area contributed by atoms with E-state index in [-0.39, 0.29) is 0 Å². The molecular weight excluding hydrogens is 310 g/mol. The van der Waals surface area contributed by atoms with Crippen LogP contribution in [0.15, 0.2) is 0 Å². The Bertz CT molecular complexity index is 317. The molecule has 1 atom stereocenters. The van der Waals surface area contributed by atoms with Gasteiger partial charge in [0.25, 0.3) is 0 Å². The topological polar surface area (TPSA) is 21.7 Å². The van der Waals surface area contributed by atoms with Crippen LogP contribution in [0.25, 0.3) is 0 Å². The minimum absolute atomic E-state index is 0.481. The van der Waals surface area contributed by atoms with Crippen LogP contribution in [-0.2, 0) is 8.23 Å². The molecule has 0 aromatic rings. The van der Waals surface area contributed by atoms with Crippen LogP contribution >= 0.6 is 0 Å². The lowest BCUT2D eigenvalue weighted by atomic mass is 10.2. The summed E-state index contributed by atoms with van der Waals surface area (Å²) < 4.78 is 13.1. The van der Waals surface area contributed by atoms with E-state index in [0.29, 0.717) is 17.7 Å². The van der Waals surface area contributed by atoms with E-state index in [1.165, 1.54) is 0 Å². The van der Waals surface area contributed by atoms with Crippen LogP contribution in [0.3, 0.4) is 0 Å². The highest BCUT2D eigenvalue weighted by molar-refractivity contribution is 6.87. The van der Waals surface area contributed by atoms with E-state index in [4.69, 9.17) is 8.23 Å². The lowest BCUT2D eigenvalue weighted by molar-refractivity contribution is 0.148. The first-order valence-electron chi connectivity index (χ1n) is 8.27. The normalized spacial score (nSPS) is 16.1. The van der Waals surface area contributed by atoms with Gasteiger partial charge in [-0.05, 0) is 80.4 Å². The fraction of sp³-hybridized carbons (Fsp3) is 1.00. The van der Waals surface area contributed by atoms with Gasteiger partial charge in [0.1, 0.15) is 0 Å². The molecule has 0 aliphatic carbocycles. The van der Waals surface area contributed by atoms with Crippen molar-refractivity contribution in [1.29, 1.82) is 0 Å². The summed E-state index contributed by atoms with van der Waals surface area (Å²) in [4.78, 5) is 2.59. The second kappa shape index (κ2) is 7.40. The van der Waals surface area contributed by atoms with E-state index in [2.05, 4.69) is 85.3 Å². The second-order valence-electron chi connectivity index (χ2n) is 8.63. The third-order valence-corrected chi connectivity index (χ3v) is 14.5. The third kappa shape index (κ3) is 7.56. The molecule has 0 N–H and O–H groups in total. The highest BCUT2D eigenvalue weighted by Gasteiger charge is 2.43. The Morgan fingerprint density at radius 1 is 0.667 bits per heavy atom. The van der Waals surface area contributed by atoms with Gasteiger partial charge in [-0.1, -0.05) is 0 Å². The van der Waals surface area contributed by atoms with Crippen molar-refractivity contribution in [2.45, 2.75) is 98.2 Å². The van der Waals surface area contributed by atoms with E-state index in [1.807, 2.05) is 0 Å². The minimum Gasteiger partial charge on any atom is -0.437 e. The fourth-order valence-corrected chi connectivity index (χ4v) is 16.8. The van der Waals surface area contributed by atoms with Crippen molar-refractivity contribution < 1.29 is 8.23 Å². The van der Waals surface area contributed by atoms with Crippen LogP contribution < -0.4 is 0 Å². The van der Waals surface area contributed by atoms with Gasteiger partial charge in [-0.2, -0.15) is 0 Å². The summed E-state index contributed by atoms with van der Waals surface area (Å²) in [5.74, 6) is 0. The van der Waals surface area contributed by atoms with Crippen molar-refractivity contribution in [1.82, 2.24) is 4.90 Å². The average Bonchev–Trinajstić information content (AvgIpc) is 2.09. The van der Waals surface area contributed by atoms with Gasteiger partial charge in [-0.15, -0.1) is 0 Å². The van der Waals surface area contributed by atoms with Gasteiger partial charge >= 0.3 is 8.56 Å². The first-order chi connectivity index (χ1) is 9.09. The smallest absolute Gasteiger partial charge is 0.311 e. The van der Waals surface area contributed by atoms with Gasteiger partial charge in [0.15, 0.2) is 16.6 Å². The Morgan fingerprint density at radius 2 is 1.05 bits per heavy atom. The molecule has 21 heavy (non-hydrogen) atoms. The summed E-state index contributed by atoms with van der Waals surface area (Å²) in [6, 6.07) is 1.08. The molecule has 0 fully saturated rings. The Morgan fingerprint density at radius 3 is 1.33 bits per heavy atom. The molecule has 0 spiro atoms. The van der Waals surface area contributed by atoms with E-state index in [1.54, 1.807) is 0 Å². The molecule has 0 radical (unpaired) electrons. The fourth-order valence-electron chi connectivity index (χ4n) is 3.33.